The highest BCUT2D eigenvalue weighted by atomic mass is 32.2. The third-order valence-electron chi connectivity index (χ3n) is 5.23. The summed E-state index contributed by atoms with van der Waals surface area (Å²) in [7, 11) is -0.638. The van der Waals surface area contributed by atoms with Gasteiger partial charge in [0.25, 0.3) is 0 Å². The van der Waals surface area contributed by atoms with Crippen molar-refractivity contribution in [1.82, 2.24) is 0 Å². The van der Waals surface area contributed by atoms with Gasteiger partial charge in [0.2, 0.25) is 15.7 Å². The van der Waals surface area contributed by atoms with Gasteiger partial charge in [-0.3, -0.25) is 4.79 Å². The monoisotopic (exact) mass is 468 g/mol. The van der Waals surface area contributed by atoms with Gasteiger partial charge in [0.05, 0.1) is 30.6 Å². The topological polar surface area (TPSA) is 93.7 Å². The lowest BCUT2D eigenvalue weighted by molar-refractivity contribution is -0.114. The van der Waals surface area contributed by atoms with E-state index < -0.39 is 9.84 Å². The molecule has 3 rings (SSSR count). The number of carbonyl (C=O) groups excluding carboxylic acids is 1. The number of nitrogens with one attached hydrogen (secondary N) is 2. The summed E-state index contributed by atoms with van der Waals surface area (Å²) in [4.78, 5) is 13.0. The van der Waals surface area contributed by atoms with E-state index in [1.54, 1.807) is 55.5 Å². The van der Waals surface area contributed by atoms with Gasteiger partial charge in [0.15, 0.2) is 11.5 Å². The van der Waals surface area contributed by atoms with Crippen LogP contribution in [-0.2, 0) is 14.6 Å². The highest BCUT2D eigenvalue weighted by Gasteiger charge is 2.22. The highest BCUT2D eigenvalue weighted by Crippen LogP contribution is 2.31. The average Bonchev–Trinajstić information content (AvgIpc) is 2.79. The van der Waals surface area contributed by atoms with Crippen molar-refractivity contribution >= 4 is 27.1 Å². The Kier molecular flexibility index (Phi) is 7.28. The zero-order valence-corrected chi connectivity index (χ0v) is 20.2. The van der Waals surface area contributed by atoms with E-state index >= 15 is 0 Å². The van der Waals surface area contributed by atoms with Gasteiger partial charge in [0.1, 0.15) is 0 Å². The number of anilines is 2. The molecule has 0 aliphatic heterocycles. The van der Waals surface area contributed by atoms with Gasteiger partial charge in [-0.1, -0.05) is 17.7 Å². The second-order valence-electron chi connectivity index (χ2n) is 7.72. The lowest BCUT2D eigenvalue weighted by Gasteiger charge is -2.16. The predicted molar refractivity (Wildman–Crippen MR) is 129 cm³/mol. The Morgan fingerprint density at radius 3 is 2.15 bits per heavy atom. The predicted octanol–water partition coefficient (Wildman–Crippen LogP) is 4.51. The smallest absolute Gasteiger partial charge is 0.243 e. The summed E-state index contributed by atoms with van der Waals surface area (Å²) in [6.45, 7) is 5.42. The van der Waals surface area contributed by atoms with Crippen LogP contribution in [0.15, 0.2) is 64.4 Å². The van der Waals surface area contributed by atoms with Gasteiger partial charge in [0, 0.05) is 17.4 Å². The summed E-state index contributed by atoms with van der Waals surface area (Å²) >= 11 is 0. The number of hydrogen-bond donors (Lipinski definition) is 2. The van der Waals surface area contributed by atoms with Gasteiger partial charge in [-0.2, -0.15) is 0 Å². The molecule has 8 heteroatoms. The fourth-order valence-electron chi connectivity index (χ4n) is 3.43. The highest BCUT2D eigenvalue weighted by molar-refractivity contribution is 7.91. The van der Waals surface area contributed by atoms with Crippen LogP contribution in [0.25, 0.3) is 0 Å². The average molecular weight is 469 g/mol. The molecule has 0 spiro atoms. The molecule has 0 heterocycles. The van der Waals surface area contributed by atoms with Gasteiger partial charge in [-0.15, -0.1) is 0 Å². The maximum Gasteiger partial charge on any atom is 0.243 e. The fraction of sp³-hybridized carbons (Fsp3) is 0.240. The Morgan fingerprint density at radius 1 is 0.848 bits per heavy atom. The standard InChI is InChI=1S/C25H28N2O5S/c1-16-6-9-20(10-7-16)33(29,30)24-13-17(2)12-21(18(24)3)26-15-25(28)27-19-8-11-22(31-4)23(14-19)32-5/h6-14,26H,15H2,1-5H3,(H,27,28). The zero-order valence-electron chi connectivity index (χ0n) is 19.4. The Morgan fingerprint density at radius 2 is 1.52 bits per heavy atom. The second-order valence-corrected chi connectivity index (χ2v) is 9.64. The van der Waals surface area contributed by atoms with E-state index in [4.69, 9.17) is 9.47 Å². The maximum absolute atomic E-state index is 13.2. The number of amides is 1. The number of ether oxygens (including phenoxy) is 2. The molecule has 0 aliphatic carbocycles. The lowest BCUT2D eigenvalue weighted by atomic mass is 10.1. The molecule has 0 aromatic heterocycles. The van der Waals surface area contributed by atoms with Gasteiger partial charge in [-0.05, 0) is 68.3 Å². The molecule has 0 saturated heterocycles. The van der Waals surface area contributed by atoms with E-state index in [9.17, 15) is 13.2 Å². The van der Waals surface area contributed by atoms with Gasteiger partial charge in [-0.25, -0.2) is 8.42 Å². The summed E-state index contributed by atoms with van der Waals surface area (Å²) in [5, 5.41) is 5.86. The minimum atomic E-state index is -3.70. The van der Waals surface area contributed by atoms with E-state index in [1.165, 1.54) is 14.2 Å². The zero-order chi connectivity index (χ0) is 24.2. The largest absolute Gasteiger partial charge is 0.493 e. The first kappa shape index (κ1) is 24.1. The summed E-state index contributed by atoms with van der Waals surface area (Å²) in [6.07, 6.45) is 0. The molecule has 7 nitrogen and oxygen atoms in total. The van der Waals surface area contributed by atoms with Crippen molar-refractivity contribution in [3.05, 3.63) is 71.3 Å². The number of benzene rings is 3. The van der Waals surface area contributed by atoms with Crippen molar-refractivity contribution in [2.75, 3.05) is 31.4 Å². The van der Waals surface area contributed by atoms with E-state index in [0.29, 0.717) is 28.4 Å². The van der Waals surface area contributed by atoms with Crippen molar-refractivity contribution in [1.29, 1.82) is 0 Å². The van der Waals surface area contributed by atoms with Crippen LogP contribution in [0.2, 0.25) is 0 Å². The van der Waals surface area contributed by atoms with E-state index in [0.717, 1.165) is 11.1 Å². The van der Waals surface area contributed by atoms with Crippen LogP contribution in [0.3, 0.4) is 0 Å². The van der Waals surface area contributed by atoms with Crippen LogP contribution in [-0.4, -0.2) is 35.1 Å². The molecule has 3 aromatic rings. The minimum Gasteiger partial charge on any atom is -0.493 e. The minimum absolute atomic E-state index is 0.0390. The van der Waals surface area contributed by atoms with Gasteiger partial charge < -0.3 is 20.1 Å². The van der Waals surface area contributed by atoms with E-state index in [1.807, 2.05) is 19.9 Å². The van der Waals surface area contributed by atoms with Crippen LogP contribution < -0.4 is 20.1 Å². The SMILES string of the molecule is COc1ccc(NC(=O)CNc2cc(C)cc(S(=O)(=O)c3ccc(C)cc3)c2C)cc1OC. The lowest BCUT2D eigenvalue weighted by Crippen LogP contribution is -2.22. The van der Waals surface area contributed by atoms with Crippen molar-refractivity contribution in [2.24, 2.45) is 0 Å². The molecule has 0 aliphatic rings. The number of hydrogen-bond acceptors (Lipinski definition) is 6. The first-order chi connectivity index (χ1) is 15.6. The molecule has 0 unspecified atom stereocenters. The molecular weight excluding hydrogens is 440 g/mol. The van der Waals surface area contributed by atoms with E-state index in [-0.39, 0.29) is 22.2 Å². The Hall–Kier alpha value is -3.52. The first-order valence-electron chi connectivity index (χ1n) is 10.3. The summed E-state index contributed by atoms with van der Waals surface area (Å²) < 4.78 is 36.9. The van der Waals surface area contributed by atoms with Crippen LogP contribution in [0.5, 0.6) is 11.5 Å². The first-order valence-corrected chi connectivity index (χ1v) is 11.8. The number of sulfone groups is 1. The van der Waals surface area contributed by atoms with Crippen LogP contribution in [0, 0.1) is 20.8 Å². The summed E-state index contributed by atoms with van der Waals surface area (Å²) in [5.41, 5.74) is 3.46. The van der Waals surface area contributed by atoms with Crippen molar-refractivity contribution < 1.29 is 22.7 Å². The number of rotatable bonds is 8. The molecule has 0 saturated carbocycles. The third kappa shape index (κ3) is 5.46. The van der Waals surface area contributed by atoms with E-state index in [2.05, 4.69) is 10.6 Å². The molecule has 0 fully saturated rings. The normalized spacial score (nSPS) is 11.1. The molecule has 0 radical (unpaired) electrons. The fourth-order valence-corrected chi connectivity index (χ4v) is 5.03. The van der Waals surface area contributed by atoms with Crippen molar-refractivity contribution in [2.45, 2.75) is 30.6 Å². The number of methoxy groups -OCH3 is 2. The summed E-state index contributed by atoms with van der Waals surface area (Å²) in [5.74, 6) is 0.779. The second kappa shape index (κ2) is 9.95. The van der Waals surface area contributed by atoms with Crippen LogP contribution in [0.1, 0.15) is 16.7 Å². The maximum atomic E-state index is 13.2. The number of carbonyl (C=O) groups is 1. The molecule has 0 atom stereocenters. The Balaban J connectivity index is 1.79. The van der Waals surface area contributed by atoms with Crippen LogP contribution >= 0.6 is 0 Å². The molecule has 1 amide bonds. The molecule has 0 bridgehead atoms. The summed E-state index contributed by atoms with van der Waals surface area (Å²) in [6, 6.07) is 15.3. The van der Waals surface area contributed by atoms with Crippen LogP contribution in [0.4, 0.5) is 11.4 Å². The molecule has 33 heavy (non-hydrogen) atoms. The molecule has 3 aromatic carbocycles. The Bertz CT molecular complexity index is 1270. The van der Waals surface area contributed by atoms with Crippen molar-refractivity contribution in [3.63, 3.8) is 0 Å². The van der Waals surface area contributed by atoms with Crippen molar-refractivity contribution in [3.8, 4) is 11.5 Å². The molecular formula is C25H28N2O5S. The molecule has 174 valence electrons. The quantitative estimate of drug-likeness (QED) is 0.505. The Labute approximate surface area is 194 Å². The molecule has 2 N–H and O–H groups in total. The van der Waals surface area contributed by atoms with Gasteiger partial charge >= 0.3 is 0 Å². The third-order valence-corrected chi connectivity index (χ3v) is 7.13. The number of aryl methyl sites for hydroxylation is 2.